The lowest BCUT2D eigenvalue weighted by atomic mass is 10.0. The van der Waals surface area contributed by atoms with Crippen LogP contribution in [0.3, 0.4) is 0 Å². The second-order valence-corrected chi connectivity index (χ2v) is 6.85. The van der Waals surface area contributed by atoms with Gasteiger partial charge in [-0.1, -0.05) is 30.8 Å². The number of nitrogens with zero attached hydrogens (tertiary/aromatic N) is 3. The summed E-state index contributed by atoms with van der Waals surface area (Å²) in [5.41, 5.74) is 2.25. The first-order valence-electron chi connectivity index (χ1n) is 9.14. The maximum absolute atomic E-state index is 5.44. The molecule has 2 aromatic rings. The molecule has 0 N–H and O–H groups in total. The van der Waals surface area contributed by atoms with Crippen LogP contribution in [0, 0.1) is 5.92 Å². The lowest BCUT2D eigenvalue weighted by Gasteiger charge is -2.28. The number of rotatable bonds is 5. The average Bonchev–Trinajstić information content (AvgIpc) is 3.33. The molecule has 1 aliphatic heterocycles. The molecule has 1 aliphatic carbocycles. The highest BCUT2D eigenvalue weighted by Crippen LogP contribution is 2.29. The van der Waals surface area contributed by atoms with Gasteiger partial charge in [-0.3, -0.25) is 0 Å². The van der Waals surface area contributed by atoms with Crippen molar-refractivity contribution in [1.82, 2.24) is 10.1 Å². The van der Waals surface area contributed by atoms with Gasteiger partial charge in [-0.15, -0.1) is 0 Å². The molecular formula is C19H25N3O2. The second-order valence-electron chi connectivity index (χ2n) is 6.85. The minimum Gasteiger partial charge on any atom is -0.378 e. The molecule has 0 atom stereocenters. The van der Waals surface area contributed by atoms with E-state index in [1.807, 2.05) is 0 Å². The van der Waals surface area contributed by atoms with Gasteiger partial charge in [-0.25, -0.2) is 0 Å². The third-order valence-electron chi connectivity index (χ3n) is 5.21. The zero-order valence-corrected chi connectivity index (χ0v) is 14.1. The fraction of sp³-hybridized carbons (Fsp3) is 0.579. The summed E-state index contributed by atoms with van der Waals surface area (Å²) in [6.45, 7) is 3.51. The molecule has 5 nitrogen and oxygen atoms in total. The maximum atomic E-state index is 5.44. The molecule has 1 saturated heterocycles. The molecule has 2 fully saturated rings. The molecule has 0 spiro atoms. The molecule has 0 amide bonds. The molecule has 0 unspecified atom stereocenters. The van der Waals surface area contributed by atoms with Crippen molar-refractivity contribution in [2.45, 2.75) is 38.5 Å². The molecule has 4 rings (SSSR count). The van der Waals surface area contributed by atoms with E-state index in [9.17, 15) is 0 Å². The zero-order chi connectivity index (χ0) is 16.2. The molecule has 2 heterocycles. The minimum atomic E-state index is 0.699. The van der Waals surface area contributed by atoms with Gasteiger partial charge in [-0.05, 0) is 36.6 Å². The summed E-state index contributed by atoms with van der Waals surface area (Å²) in [5.74, 6) is 2.33. The number of ether oxygens (including phenoxy) is 1. The lowest BCUT2D eigenvalue weighted by Crippen LogP contribution is -2.36. The van der Waals surface area contributed by atoms with Crippen LogP contribution in [0.25, 0.3) is 11.4 Å². The SMILES string of the molecule is c1cc(N2CCOCC2)ccc1-c1noc(CCC2CCCC2)n1. The number of benzene rings is 1. The van der Waals surface area contributed by atoms with E-state index >= 15 is 0 Å². The Labute approximate surface area is 143 Å². The molecule has 1 aromatic heterocycles. The molecule has 5 heteroatoms. The number of hydrogen-bond donors (Lipinski definition) is 0. The van der Waals surface area contributed by atoms with Gasteiger partial charge in [0.15, 0.2) is 0 Å². The van der Waals surface area contributed by atoms with Gasteiger partial charge in [-0.2, -0.15) is 4.98 Å². The average molecular weight is 327 g/mol. The molecule has 2 aliphatic rings. The number of hydrogen-bond acceptors (Lipinski definition) is 5. The number of aryl methyl sites for hydroxylation is 1. The summed E-state index contributed by atoms with van der Waals surface area (Å²) < 4.78 is 10.8. The molecule has 0 radical (unpaired) electrons. The third kappa shape index (κ3) is 3.61. The van der Waals surface area contributed by atoms with Crippen molar-refractivity contribution >= 4 is 5.69 Å². The highest BCUT2D eigenvalue weighted by molar-refractivity contribution is 5.60. The van der Waals surface area contributed by atoms with E-state index in [1.54, 1.807) is 0 Å². The van der Waals surface area contributed by atoms with Gasteiger partial charge >= 0.3 is 0 Å². The predicted molar refractivity (Wildman–Crippen MR) is 93.0 cm³/mol. The van der Waals surface area contributed by atoms with Crippen LogP contribution in [-0.4, -0.2) is 36.4 Å². The standard InChI is InChI=1S/C19H25N3O2/c1-2-4-15(3-1)5-10-18-20-19(21-24-18)16-6-8-17(9-7-16)22-11-13-23-14-12-22/h6-9,15H,1-5,10-14H2. The van der Waals surface area contributed by atoms with E-state index in [2.05, 4.69) is 39.3 Å². The Kier molecular flexibility index (Phi) is 4.78. The number of anilines is 1. The van der Waals surface area contributed by atoms with Crippen LogP contribution in [0.2, 0.25) is 0 Å². The molecule has 128 valence electrons. The third-order valence-corrected chi connectivity index (χ3v) is 5.21. The van der Waals surface area contributed by atoms with Crippen molar-refractivity contribution in [2.24, 2.45) is 5.92 Å². The van der Waals surface area contributed by atoms with Crippen LogP contribution in [0.15, 0.2) is 28.8 Å². The maximum Gasteiger partial charge on any atom is 0.226 e. The summed E-state index contributed by atoms with van der Waals surface area (Å²) in [5, 5.41) is 4.15. The van der Waals surface area contributed by atoms with E-state index in [0.29, 0.717) is 5.82 Å². The topological polar surface area (TPSA) is 51.4 Å². The van der Waals surface area contributed by atoms with Crippen LogP contribution in [0.1, 0.15) is 38.0 Å². The highest BCUT2D eigenvalue weighted by atomic mass is 16.5. The molecule has 24 heavy (non-hydrogen) atoms. The van der Waals surface area contributed by atoms with Crippen LogP contribution >= 0.6 is 0 Å². The largest absolute Gasteiger partial charge is 0.378 e. The van der Waals surface area contributed by atoms with Gasteiger partial charge in [0.25, 0.3) is 0 Å². The number of aromatic nitrogens is 2. The van der Waals surface area contributed by atoms with Crippen molar-refractivity contribution < 1.29 is 9.26 Å². The normalized spacial score (nSPS) is 19.1. The van der Waals surface area contributed by atoms with Crippen LogP contribution in [0.5, 0.6) is 0 Å². The summed E-state index contributed by atoms with van der Waals surface area (Å²) in [4.78, 5) is 6.92. The van der Waals surface area contributed by atoms with Gasteiger partial charge in [0, 0.05) is 30.8 Å². The Balaban J connectivity index is 1.38. The first kappa shape index (κ1) is 15.6. The zero-order valence-electron chi connectivity index (χ0n) is 14.1. The van der Waals surface area contributed by atoms with E-state index in [0.717, 1.165) is 50.1 Å². The Morgan fingerprint density at radius 1 is 1.04 bits per heavy atom. The van der Waals surface area contributed by atoms with E-state index in [-0.39, 0.29) is 0 Å². The van der Waals surface area contributed by atoms with Gasteiger partial charge < -0.3 is 14.2 Å². The minimum absolute atomic E-state index is 0.699. The van der Waals surface area contributed by atoms with E-state index in [4.69, 9.17) is 9.26 Å². The van der Waals surface area contributed by atoms with Crippen molar-refractivity contribution in [1.29, 1.82) is 0 Å². The summed E-state index contributed by atoms with van der Waals surface area (Å²) in [6, 6.07) is 8.43. The van der Waals surface area contributed by atoms with Gasteiger partial charge in [0.2, 0.25) is 11.7 Å². The van der Waals surface area contributed by atoms with Crippen molar-refractivity contribution in [3.05, 3.63) is 30.2 Å². The predicted octanol–water partition coefficient (Wildman–Crippen LogP) is 3.70. The van der Waals surface area contributed by atoms with Crippen LogP contribution < -0.4 is 4.90 Å². The quantitative estimate of drug-likeness (QED) is 0.838. The Hall–Kier alpha value is -1.88. The fourth-order valence-electron chi connectivity index (χ4n) is 3.74. The summed E-state index contributed by atoms with van der Waals surface area (Å²) >= 11 is 0. The van der Waals surface area contributed by atoms with Gasteiger partial charge in [0.05, 0.1) is 13.2 Å². The van der Waals surface area contributed by atoms with Crippen LogP contribution in [0.4, 0.5) is 5.69 Å². The monoisotopic (exact) mass is 327 g/mol. The first-order valence-corrected chi connectivity index (χ1v) is 9.14. The van der Waals surface area contributed by atoms with Crippen molar-refractivity contribution in [2.75, 3.05) is 31.2 Å². The fourth-order valence-corrected chi connectivity index (χ4v) is 3.74. The first-order chi connectivity index (χ1) is 11.9. The second kappa shape index (κ2) is 7.34. The lowest BCUT2D eigenvalue weighted by molar-refractivity contribution is 0.122. The van der Waals surface area contributed by atoms with Gasteiger partial charge in [0.1, 0.15) is 0 Å². The van der Waals surface area contributed by atoms with Crippen LogP contribution in [-0.2, 0) is 11.2 Å². The molecule has 1 aromatic carbocycles. The summed E-state index contributed by atoms with van der Waals surface area (Å²) in [6.07, 6.45) is 7.58. The van der Waals surface area contributed by atoms with Crippen molar-refractivity contribution in [3.63, 3.8) is 0 Å². The van der Waals surface area contributed by atoms with Crippen molar-refractivity contribution in [3.8, 4) is 11.4 Å². The summed E-state index contributed by atoms with van der Waals surface area (Å²) in [7, 11) is 0. The number of morpholine rings is 1. The van der Waals surface area contributed by atoms with E-state index < -0.39 is 0 Å². The molecular weight excluding hydrogens is 302 g/mol. The Bertz CT molecular complexity index is 641. The molecule has 1 saturated carbocycles. The smallest absolute Gasteiger partial charge is 0.226 e. The highest BCUT2D eigenvalue weighted by Gasteiger charge is 2.17. The molecule has 0 bridgehead atoms. The Morgan fingerprint density at radius 3 is 2.54 bits per heavy atom. The van der Waals surface area contributed by atoms with E-state index in [1.165, 1.54) is 37.8 Å². The Morgan fingerprint density at radius 2 is 1.79 bits per heavy atom.